The fourth-order valence-corrected chi connectivity index (χ4v) is 2.27. The maximum Gasteiger partial charge on any atom is 0.239 e. The van der Waals surface area contributed by atoms with Gasteiger partial charge >= 0.3 is 0 Å². The number of likely N-dealkylation sites (tertiary alicyclic amines) is 1. The van der Waals surface area contributed by atoms with E-state index < -0.39 is 18.2 Å². The molecule has 0 radical (unpaired) electrons. The van der Waals surface area contributed by atoms with Crippen molar-refractivity contribution in [2.75, 3.05) is 13.1 Å². The second-order valence-corrected chi connectivity index (χ2v) is 5.01. The van der Waals surface area contributed by atoms with Crippen LogP contribution in [0.5, 0.6) is 0 Å². The molecule has 104 valence electrons. The Balaban J connectivity index is 1.83. The van der Waals surface area contributed by atoms with Crippen molar-refractivity contribution in [2.45, 2.75) is 31.1 Å². The van der Waals surface area contributed by atoms with Gasteiger partial charge in [-0.3, -0.25) is 4.79 Å². The minimum Gasteiger partial charge on any atom is -0.388 e. The average molecular weight is 264 g/mol. The maximum absolute atomic E-state index is 12.0. The fourth-order valence-electron chi connectivity index (χ4n) is 2.27. The lowest BCUT2D eigenvalue weighted by Gasteiger charge is -2.20. The van der Waals surface area contributed by atoms with Crippen molar-refractivity contribution in [3.05, 3.63) is 35.9 Å². The van der Waals surface area contributed by atoms with E-state index in [0.717, 1.165) is 12.0 Å². The Morgan fingerprint density at radius 2 is 1.84 bits per heavy atom. The van der Waals surface area contributed by atoms with Crippen LogP contribution in [0.1, 0.15) is 12.0 Å². The van der Waals surface area contributed by atoms with E-state index >= 15 is 0 Å². The summed E-state index contributed by atoms with van der Waals surface area (Å²) >= 11 is 0. The van der Waals surface area contributed by atoms with Crippen LogP contribution in [0, 0.1) is 0 Å². The number of hydrogen-bond acceptors (Lipinski definition) is 4. The minimum atomic E-state index is -0.856. The molecule has 1 fully saturated rings. The third-order valence-electron chi connectivity index (χ3n) is 3.47. The lowest BCUT2D eigenvalue weighted by molar-refractivity contribution is -0.132. The maximum atomic E-state index is 12.0. The van der Waals surface area contributed by atoms with Crippen LogP contribution in [0.4, 0.5) is 0 Å². The summed E-state index contributed by atoms with van der Waals surface area (Å²) in [5, 5.41) is 18.8. The summed E-state index contributed by atoms with van der Waals surface area (Å²) in [7, 11) is 0. The molecule has 2 rings (SSSR count). The van der Waals surface area contributed by atoms with Crippen molar-refractivity contribution < 1.29 is 15.0 Å². The van der Waals surface area contributed by atoms with E-state index in [2.05, 4.69) is 0 Å². The number of aryl methyl sites for hydroxylation is 1. The van der Waals surface area contributed by atoms with Crippen molar-refractivity contribution in [1.82, 2.24) is 4.90 Å². The van der Waals surface area contributed by atoms with Crippen LogP contribution in [0.3, 0.4) is 0 Å². The molecule has 5 heteroatoms. The molecule has 1 aliphatic heterocycles. The van der Waals surface area contributed by atoms with Gasteiger partial charge in [0.2, 0.25) is 5.91 Å². The average Bonchev–Trinajstić information content (AvgIpc) is 2.76. The highest BCUT2D eigenvalue weighted by Gasteiger charge is 2.34. The Bertz CT molecular complexity index is 414. The molecule has 1 aromatic rings. The number of nitrogens with two attached hydrogens (primary N) is 1. The fraction of sp³-hybridized carbons (Fsp3) is 0.500. The second-order valence-electron chi connectivity index (χ2n) is 5.01. The predicted octanol–water partition coefficient (Wildman–Crippen LogP) is -0.490. The number of β-amino-alcohol motifs (C(OH)–C–C–N with tert-alkyl or cyclic N) is 2. The molecule has 5 nitrogen and oxygen atoms in total. The number of carbonyl (C=O) groups is 1. The smallest absolute Gasteiger partial charge is 0.239 e. The summed E-state index contributed by atoms with van der Waals surface area (Å²) in [5.74, 6) is -0.202. The molecule has 0 spiro atoms. The van der Waals surface area contributed by atoms with Crippen LogP contribution < -0.4 is 5.73 Å². The van der Waals surface area contributed by atoms with E-state index in [0.29, 0.717) is 6.42 Å². The normalized spacial score (nSPS) is 24.5. The van der Waals surface area contributed by atoms with Crippen LogP contribution in [0.2, 0.25) is 0 Å². The van der Waals surface area contributed by atoms with Crippen molar-refractivity contribution in [1.29, 1.82) is 0 Å². The molecule has 3 atom stereocenters. The zero-order valence-electron chi connectivity index (χ0n) is 10.8. The molecule has 4 N–H and O–H groups in total. The standard InChI is InChI=1S/C14H20N2O3/c15-11(7-6-10-4-2-1-3-5-10)14(19)16-8-12(17)13(18)9-16/h1-5,11-13,17-18H,6-9,15H2/t11-,12-,13+/m0/s1. The SMILES string of the molecule is N[C@@H](CCc1ccccc1)C(=O)N1C[C@@H](O)[C@@H](O)C1. The minimum absolute atomic E-state index is 0.166. The molecule has 0 aromatic heterocycles. The van der Waals surface area contributed by atoms with Gasteiger partial charge < -0.3 is 20.8 Å². The summed E-state index contributed by atoms with van der Waals surface area (Å²) in [5.41, 5.74) is 7.03. The first-order valence-corrected chi connectivity index (χ1v) is 6.52. The van der Waals surface area contributed by atoms with Crippen molar-refractivity contribution in [3.63, 3.8) is 0 Å². The van der Waals surface area contributed by atoms with Crippen molar-refractivity contribution in [2.24, 2.45) is 5.73 Å². The van der Waals surface area contributed by atoms with Crippen molar-refractivity contribution >= 4 is 5.91 Å². The Hall–Kier alpha value is -1.43. The highest BCUT2D eigenvalue weighted by atomic mass is 16.3. The first kappa shape index (κ1) is 14.0. The van der Waals surface area contributed by atoms with Crippen molar-refractivity contribution in [3.8, 4) is 0 Å². The number of aliphatic hydroxyl groups is 2. The quantitative estimate of drug-likeness (QED) is 0.685. The topological polar surface area (TPSA) is 86.8 Å². The molecule has 1 saturated heterocycles. The summed E-state index contributed by atoms with van der Waals surface area (Å²) < 4.78 is 0. The third-order valence-corrected chi connectivity index (χ3v) is 3.47. The number of nitrogens with zero attached hydrogens (tertiary/aromatic N) is 1. The van der Waals surface area contributed by atoms with Gasteiger partial charge in [0, 0.05) is 13.1 Å². The molecule has 1 aromatic carbocycles. The molecule has 1 heterocycles. The molecular weight excluding hydrogens is 244 g/mol. The van der Waals surface area contributed by atoms with E-state index in [1.165, 1.54) is 4.90 Å². The molecular formula is C14H20N2O3. The van der Waals surface area contributed by atoms with E-state index in [1.54, 1.807) is 0 Å². The summed E-state index contributed by atoms with van der Waals surface area (Å²) in [4.78, 5) is 13.5. The number of rotatable bonds is 4. The predicted molar refractivity (Wildman–Crippen MR) is 71.3 cm³/mol. The lowest BCUT2D eigenvalue weighted by atomic mass is 10.1. The van der Waals surface area contributed by atoms with Gasteiger partial charge in [-0.1, -0.05) is 30.3 Å². The van der Waals surface area contributed by atoms with Gasteiger partial charge in [0.25, 0.3) is 0 Å². The van der Waals surface area contributed by atoms with Gasteiger partial charge in [0.05, 0.1) is 18.2 Å². The molecule has 0 unspecified atom stereocenters. The van der Waals surface area contributed by atoms with Gasteiger partial charge in [-0.05, 0) is 18.4 Å². The Labute approximate surface area is 112 Å². The zero-order chi connectivity index (χ0) is 13.8. The van der Waals surface area contributed by atoms with Gasteiger partial charge in [-0.2, -0.15) is 0 Å². The van der Waals surface area contributed by atoms with Gasteiger partial charge in [0.15, 0.2) is 0 Å². The number of aliphatic hydroxyl groups excluding tert-OH is 2. The molecule has 1 amide bonds. The Morgan fingerprint density at radius 3 is 2.42 bits per heavy atom. The second kappa shape index (κ2) is 6.14. The summed E-state index contributed by atoms with van der Waals surface area (Å²) in [6.07, 6.45) is -0.409. The molecule has 0 saturated carbocycles. The zero-order valence-corrected chi connectivity index (χ0v) is 10.8. The van der Waals surface area contributed by atoms with E-state index in [1.807, 2.05) is 30.3 Å². The van der Waals surface area contributed by atoms with Crippen LogP contribution in [-0.2, 0) is 11.2 Å². The summed E-state index contributed by atoms with van der Waals surface area (Å²) in [6, 6.07) is 9.27. The molecule has 0 aliphatic carbocycles. The number of carbonyl (C=O) groups excluding carboxylic acids is 1. The van der Waals surface area contributed by atoms with Gasteiger partial charge in [-0.15, -0.1) is 0 Å². The van der Waals surface area contributed by atoms with E-state index in [9.17, 15) is 15.0 Å². The summed E-state index contributed by atoms with van der Waals surface area (Å²) in [6.45, 7) is 0.331. The van der Waals surface area contributed by atoms with Crippen LogP contribution in [-0.4, -0.2) is 52.4 Å². The lowest BCUT2D eigenvalue weighted by Crippen LogP contribution is -2.43. The van der Waals surface area contributed by atoms with Gasteiger partial charge in [-0.25, -0.2) is 0 Å². The highest BCUT2D eigenvalue weighted by Crippen LogP contribution is 2.13. The first-order chi connectivity index (χ1) is 9.08. The van der Waals surface area contributed by atoms with Crippen LogP contribution in [0.25, 0.3) is 0 Å². The van der Waals surface area contributed by atoms with Crippen LogP contribution >= 0.6 is 0 Å². The Kier molecular flexibility index (Phi) is 4.52. The first-order valence-electron chi connectivity index (χ1n) is 6.52. The monoisotopic (exact) mass is 264 g/mol. The van der Waals surface area contributed by atoms with Gasteiger partial charge in [0.1, 0.15) is 0 Å². The molecule has 1 aliphatic rings. The number of amides is 1. The largest absolute Gasteiger partial charge is 0.388 e. The van der Waals surface area contributed by atoms with Crippen LogP contribution in [0.15, 0.2) is 30.3 Å². The highest BCUT2D eigenvalue weighted by molar-refractivity contribution is 5.82. The number of benzene rings is 1. The molecule has 0 bridgehead atoms. The van der Waals surface area contributed by atoms with E-state index in [4.69, 9.17) is 5.73 Å². The third kappa shape index (κ3) is 3.53. The Morgan fingerprint density at radius 1 is 1.26 bits per heavy atom. The van der Waals surface area contributed by atoms with E-state index in [-0.39, 0.29) is 19.0 Å². The number of hydrogen-bond donors (Lipinski definition) is 3. The molecule has 19 heavy (non-hydrogen) atoms.